The molecule has 2 N–H and O–H groups in total. The van der Waals surface area contributed by atoms with E-state index in [0.717, 1.165) is 4.90 Å². The van der Waals surface area contributed by atoms with Crippen molar-refractivity contribution in [3.8, 4) is 11.5 Å². The van der Waals surface area contributed by atoms with Crippen molar-refractivity contribution in [1.29, 1.82) is 0 Å². The number of carbonyl (C=O) groups is 3. The highest BCUT2D eigenvalue weighted by Crippen LogP contribution is 2.31. The molecular formula is C18H19N3O6. The number of methoxy groups -OCH3 is 2. The van der Waals surface area contributed by atoms with Gasteiger partial charge in [-0.05, 0) is 31.2 Å². The van der Waals surface area contributed by atoms with E-state index in [9.17, 15) is 14.4 Å². The van der Waals surface area contributed by atoms with Gasteiger partial charge >= 0.3 is 6.03 Å². The van der Waals surface area contributed by atoms with Crippen molar-refractivity contribution in [2.75, 3.05) is 26.1 Å². The molecule has 1 saturated heterocycles. The molecule has 0 spiro atoms. The normalized spacial score (nSPS) is 19.0. The number of carbonyl (C=O) groups excluding carboxylic acids is 3. The lowest BCUT2D eigenvalue weighted by Gasteiger charge is -2.19. The van der Waals surface area contributed by atoms with Crippen LogP contribution in [0.25, 0.3) is 0 Å². The summed E-state index contributed by atoms with van der Waals surface area (Å²) in [4.78, 5) is 38.1. The van der Waals surface area contributed by atoms with E-state index >= 15 is 0 Å². The molecule has 1 aliphatic heterocycles. The third-order valence-corrected chi connectivity index (χ3v) is 4.26. The van der Waals surface area contributed by atoms with Crippen molar-refractivity contribution in [3.05, 3.63) is 42.4 Å². The second-order valence-corrected chi connectivity index (χ2v) is 6.04. The maximum absolute atomic E-state index is 12.7. The summed E-state index contributed by atoms with van der Waals surface area (Å²) in [5.41, 5.74) is -0.900. The fraction of sp³-hybridized carbons (Fsp3) is 0.278. The number of ether oxygens (including phenoxy) is 2. The Bertz CT molecular complexity index is 879. The number of furan rings is 1. The number of urea groups is 1. The second kappa shape index (κ2) is 7.02. The third-order valence-electron chi connectivity index (χ3n) is 4.26. The molecule has 1 aliphatic rings. The van der Waals surface area contributed by atoms with Gasteiger partial charge in [-0.1, -0.05) is 0 Å². The Morgan fingerprint density at radius 2 is 1.96 bits per heavy atom. The first-order valence-electron chi connectivity index (χ1n) is 8.09. The first kappa shape index (κ1) is 18.3. The SMILES string of the molecule is COc1ccc(NC(=O)CN2C(=O)N[C@](C)(c3ccco3)C2=O)cc1OC. The van der Waals surface area contributed by atoms with Gasteiger partial charge in [0.1, 0.15) is 12.3 Å². The maximum atomic E-state index is 12.7. The molecule has 1 aromatic heterocycles. The first-order chi connectivity index (χ1) is 12.9. The van der Waals surface area contributed by atoms with E-state index in [1.165, 1.54) is 27.4 Å². The minimum atomic E-state index is -1.34. The number of nitrogens with zero attached hydrogens (tertiary/aromatic N) is 1. The van der Waals surface area contributed by atoms with Gasteiger partial charge in [0.25, 0.3) is 5.91 Å². The molecule has 0 saturated carbocycles. The van der Waals surface area contributed by atoms with Crippen LogP contribution in [0.2, 0.25) is 0 Å². The molecule has 3 rings (SSSR count). The molecule has 142 valence electrons. The van der Waals surface area contributed by atoms with Crippen LogP contribution in [0.1, 0.15) is 12.7 Å². The van der Waals surface area contributed by atoms with Gasteiger partial charge in [-0.15, -0.1) is 0 Å². The Kier molecular flexibility index (Phi) is 4.76. The van der Waals surface area contributed by atoms with Crippen LogP contribution in [-0.2, 0) is 15.1 Å². The quantitative estimate of drug-likeness (QED) is 0.746. The van der Waals surface area contributed by atoms with E-state index < -0.39 is 29.9 Å². The number of amides is 4. The van der Waals surface area contributed by atoms with Crippen LogP contribution < -0.4 is 20.1 Å². The zero-order chi connectivity index (χ0) is 19.6. The number of rotatable bonds is 6. The van der Waals surface area contributed by atoms with Crippen molar-refractivity contribution in [1.82, 2.24) is 10.2 Å². The van der Waals surface area contributed by atoms with E-state index in [1.54, 1.807) is 30.3 Å². The molecular weight excluding hydrogens is 354 g/mol. The summed E-state index contributed by atoms with van der Waals surface area (Å²) in [7, 11) is 2.98. The largest absolute Gasteiger partial charge is 0.493 e. The lowest BCUT2D eigenvalue weighted by atomic mass is 9.99. The summed E-state index contributed by atoms with van der Waals surface area (Å²) in [5.74, 6) is 0.150. The topological polar surface area (TPSA) is 110 Å². The van der Waals surface area contributed by atoms with Gasteiger partial charge in [-0.25, -0.2) is 4.79 Å². The molecule has 1 atom stereocenters. The van der Waals surface area contributed by atoms with Crippen LogP contribution in [0.15, 0.2) is 41.0 Å². The van der Waals surface area contributed by atoms with Gasteiger partial charge in [-0.2, -0.15) is 0 Å². The molecule has 1 fully saturated rings. The van der Waals surface area contributed by atoms with Gasteiger partial charge < -0.3 is 24.5 Å². The van der Waals surface area contributed by atoms with E-state index in [-0.39, 0.29) is 0 Å². The molecule has 4 amide bonds. The summed E-state index contributed by atoms with van der Waals surface area (Å²) in [6.07, 6.45) is 1.41. The summed E-state index contributed by atoms with van der Waals surface area (Å²) in [6, 6.07) is 7.38. The number of nitrogens with one attached hydrogen (secondary N) is 2. The maximum Gasteiger partial charge on any atom is 0.325 e. The van der Waals surface area contributed by atoms with Gasteiger partial charge in [0.2, 0.25) is 5.91 Å². The highest BCUT2D eigenvalue weighted by atomic mass is 16.5. The smallest absolute Gasteiger partial charge is 0.325 e. The summed E-state index contributed by atoms with van der Waals surface area (Å²) >= 11 is 0. The fourth-order valence-corrected chi connectivity index (χ4v) is 2.83. The molecule has 9 nitrogen and oxygen atoms in total. The number of benzene rings is 1. The zero-order valence-electron chi connectivity index (χ0n) is 15.1. The molecule has 2 aromatic rings. The molecule has 0 bridgehead atoms. The van der Waals surface area contributed by atoms with Crippen LogP contribution in [0.5, 0.6) is 11.5 Å². The van der Waals surface area contributed by atoms with Crippen molar-refractivity contribution in [3.63, 3.8) is 0 Å². The summed E-state index contributed by atoms with van der Waals surface area (Å²) in [5, 5.41) is 5.19. The average Bonchev–Trinajstić information content (AvgIpc) is 3.26. The standard InChI is InChI=1S/C18H19N3O6/c1-18(14-5-4-8-27-14)16(23)21(17(24)20-18)10-15(22)19-11-6-7-12(25-2)13(9-11)26-3/h4-9H,10H2,1-3H3,(H,19,22)(H,20,24)/t18-/m1/s1. The highest BCUT2D eigenvalue weighted by Gasteiger charge is 2.51. The van der Waals surface area contributed by atoms with E-state index in [4.69, 9.17) is 13.9 Å². The van der Waals surface area contributed by atoms with Gasteiger partial charge in [0.15, 0.2) is 17.0 Å². The molecule has 0 aliphatic carbocycles. The number of hydrogen-bond donors (Lipinski definition) is 2. The van der Waals surface area contributed by atoms with Crippen molar-refractivity contribution in [2.45, 2.75) is 12.5 Å². The lowest BCUT2D eigenvalue weighted by Crippen LogP contribution is -2.41. The Labute approximate surface area is 155 Å². The van der Waals surface area contributed by atoms with Crippen LogP contribution in [0, 0.1) is 0 Å². The fourth-order valence-electron chi connectivity index (χ4n) is 2.83. The van der Waals surface area contributed by atoms with Crippen molar-refractivity contribution < 1.29 is 28.3 Å². The molecule has 27 heavy (non-hydrogen) atoms. The molecule has 9 heteroatoms. The van der Waals surface area contributed by atoms with E-state index in [2.05, 4.69) is 10.6 Å². The Morgan fingerprint density at radius 1 is 1.22 bits per heavy atom. The van der Waals surface area contributed by atoms with Gasteiger partial charge in [0.05, 0.1) is 20.5 Å². The minimum absolute atomic E-state index is 0.295. The van der Waals surface area contributed by atoms with Crippen LogP contribution in [0.4, 0.5) is 10.5 Å². The van der Waals surface area contributed by atoms with Crippen LogP contribution >= 0.6 is 0 Å². The molecule has 1 aromatic carbocycles. The highest BCUT2D eigenvalue weighted by molar-refractivity contribution is 6.10. The number of anilines is 1. The summed E-state index contributed by atoms with van der Waals surface area (Å²) in [6.45, 7) is 1.09. The van der Waals surface area contributed by atoms with Gasteiger partial charge in [0, 0.05) is 11.8 Å². The summed E-state index contributed by atoms with van der Waals surface area (Å²) < 4.78 is 15.6. The average molecular weight is 373 g/mol. The molecule has 2 heterocycles. The predicted molar refractivity (Wildman–Crippen MR) is 94.5 cm³/mol. The Hall–Kier alpha value is -3.49. The lowest BCUT2D eigenvalue weighted by molar-refractivity contribution is -0.134. The Balaban J connectivity index is 1.71. The predicted octanol–water partition coefficient (Wildman–Crippen LogP) is 1.70. The molecule has 0 unspecified atom stereocenters. The monoisotopic (exact) mass is 373 g/mol. The first-order valence-corrected chi connectivity index (χ1v) is 8.09. The van der Waals surface area contributed by atoms with Crippen LogP contribution in [-0.4, -0.2) is 43.5 Å². The number of hydrogen-bond acceptors (Lipinski definition) is 6. The van der Waals surface area contributed by atoms with Crippen molar-refractivity contribution >= 4 is 23.5 Å². The number of imide groups is 1. The van der Waals surface area contributed by atoms with E-state index in [1.807, 2.05) is 0 Å². The second-order valence-electron chi connectivity index (χ2n) is 6.04. The Morgan fingerprint density at radius 3 is 2.59 bits per heavy atom. The van der Waals surface area contributed by atoms with Crippen molar-refractivity contribution in [2.24, 2.45) is 0 Å². The van der Waals surface area contributed by atoms with Crippen LogP contribution in [0.3, 0.4) is 0 Å². The van der Waals surface area contributed by atoms with E-state index in [0.29, 0.717) is 22.9 Å². The third kappa shape index (κ3) is 3.31. The molecule has 0 radical (unpaired) electrons. The minimum Gasteiger partial charge on any atom is -0.493 e. The zero-order valence-corrected chi connectivity index (χ0v) is 15.1. The van der Waals surface area contributed by atoms with Gasteiger partial charge in [-0.3, -0.25) is 14.5 Å².